The van der Waals surface area contributed by atoms with E-state index in [1.165, 1.54) is 32.4 Å². The summed E-state index contributed by atoms with van der Waals surface area (Å²) in [5.41, 5.74) is 6.17. The first-order chi connectivity index (χ1) is 6.11. The highest BCUT2D eigenvalue weighted by molar-refractivity contribution is 4.88. The highest BCUT2D eigenvalue weighted by Gasteiger charge is 2.33. The van der Waals surface area contributed by atoms with Gasteiger partial charge in [0.25, 0.3) is 0 Å². The molecule has 1 fully saturated rings. The standard InChI is InChI=1S/C11H24N2/c1-4-5-10(2)13-7-6-11(3,8-12)9-13/h10H,4-9,12H2,1-3H3. The average molecular weight is 184 g/mol. The van der Waals surface area contributed by atoms with E-state index in [0.717, 1.165) is 12.6 Å². The quantitative estimate of drug-likeness (QED) is 0.722. The normalized spacial score (nSPS) is 32.3. The summed E-state index contributed by atoms with van der Waals surface area (Å²) in [6.45, 7) is 10.2. The number of hydrogen-bond acceptors (Lipinski definition) is 2. The van der Waals surface area contributed by atoms with Crippen LogP contribution in [0.2, 0.25) is 0 Å². The summed E-state index contributed by atoms with van der Waals surface area (Å²) < 4.78 is 0. The molecule has 78 valence electrons. The van der Waals surface area contributed by atoms with Crippen LogP contribution in [0.25, 0.3) is 0 Å². The summed E-state index contributed by atoms with van der Waals surface area (Å²) in [6, 6.07) is 0.748. The van der Waals surface area contributed by atoms with Crippen LogP contribution in [0.3, 0.4) is 0 Å². The minimum absolute atomic E-state index is 0.391. The van der Waals surface area contributed by atoms with Gasteiger partial charge in [0, 0.05) is 12.6 Å². The van der Waals surface area contributed by atoms with Crippen molar-refractivity contribution in [3.63, 3.8) is 0 Å². The molecule has 1 heterocycles. The SMILES string of the molecule is CCCC(C)N1CCC(C)(CN)C1. The van der Waals surface area contributed by atoms with Crippen molar-refractivity contribution in [3.05, 3.63) is 0 Å². The predicted octanol–water partition coefficient (Wildman–Crippen LogP) is 1.85. The fraction of sp³-hybridized carbons (Fsp3) is 1.00. The zero-order chi connectivity index (χ0) is 9.90. The van der Waals surface area contributed by atoms with Crippen LogP contribution < -0.4 is 5.73 Å². The van der Waals surface area contributed by atoms with Gasteiger partial charge in [0.15, 0.2) is 0 Å². The summed E-state index contributed by atoms with van der Waals surface area (Å²) >= 11 is 0. The largest absolute Gasteiger partial charge is 0.330 e. The lowest BCUT2D eigenvalue weighted by molar-refractivity contribution is 0.215. The molecule has 0 amide bonds. The van der Waals surface area contributed by atoms with Gasteiger partial charge in [-0.05, 0) is 38.3 Å². The van der Waals surface area contributed by atoms with Gasteiger partial charge in [0.1, 0.15) is 0 Å². The second kappa shape index (κ2) is 4.43. The lowest BCUT2D eigenvalue weighted by Crippen LogP contribution is -2.35. The molecule has 1 aliphatic rings. The fourth-order valence-electron chi connectivity index (χ4n) is 2.21. The molecule has 2 heteroatoms. The van der Waals surface area contributed by atoms with Crippen molar-refractivity contribution in [1.82, 2.24) is 4.90 Å². The summed E-state index contributed by atoms with van der Waals surface area (Å²) in [7, 11) is 0. The first-order valence-electron chi connectivity index (χ1n) is 5.55. The minimum Gasteiger partial charge on any atom is -0.330 e. The van der Waals surface area contributed by atoms with Crippen molar-refractivity contribution in [1.29, 1.82) is 0 Å². The number of rotatable bonds is 4. The third-order valence-corrected chi connectivity index (χ3v) is 3.41. The van der Waals surface area contributed by atoms with Crippen molar-refractivity contribution in [3.8, 4) is 0 Å². The van der Waals surface area contributed by atoms with Crippen molar-refractivity contribution in [2.45, 2.75) is 46.1 Å². The second-order valence-corrected chi connectivity index (χ2v) is 4.87. The molecule has 0 aromatic carbocycles. The van der Waals surface area contributed by atoms with Crippen LogP contribution in [0.5, 0.6) is 0 Å². The Morgan fingerprint density at radius 2 is 2.23 bits per heavy atom. The summed E-state index contributed by atoms with van der Waals surface area (Å²) in [5, 5.41) is 0. The molecule has 1 saturated heterocycles. The van der Waals surface area contributed by atoms with Gasteiger partial charge in [-0.3, -0.25) is 0 Å². The molecule has 1 rings (SSSR count). The van der Waals surface area contributed by atoms with Gasteiger partial charge in [-0.1, -0.05) is 20.3 Å². The van der Waals surface area contributed by atoms with E-state index in [1.807, 2.05) is 0 Å². The average Bonchev–Trinajstić information content (AvgIpc) is 2.50. The van der Waals surface area contributed by atoms with Crippen molar-refractivity contribution in [2.24, 2.45) is 11.1 Å². The van der Waals surface area contributed by atoms with Gasteiger partial charge in [0.2, 0.25) is 0 Å². The molecule has 0 saturated carbocycles. The fourth-order valence-corrected chi connectivity index (χ4v) is 2.21. The van der Waals surface area contributed by atoms with Gasteiger partial charge >= 0.3 is 0 Å². The Kier molecular flexibility index (Phi) is 3.74. The van der Waals surface area contributed by atoms with Crippen molar-refractivity contribution >= 4 is 0 Å². The van der Waals surface area contributed by atoms with E-state index in [1.54, 1.807) is 0 Å². The van der Waals surface area contributed by atoms with Crippen LogP contribution in [0.1, 0.15) is 40.0 Å². The minimum atomic E-state index is 0.391. The third-order valence-electron chi connectivity index (χ3n) is 3.41. The van der Waals surface area contributed by atoms with Crippen LogP contribution in [0.15, 0.2) is 0 Å². The molecule has 13 heavy (non-hydrogen) atoms. The Labute approximate surface area is 82.5 Å². The topological polar surface area (TPSA) is 29.3 Å². The van der Waals surface area contributed by atoms with E-state index >= 15 is 0 Å². The number of likely N-dealkylation sites (tertiary alicyclic amines) is 1. The summed E-state index contributed by atoms with van der Waals surface area (Å²) in [5.74, 6) is 0. The molecule has 0 spiro atoms. The van der Waals surface area contributed by atoms with E-state index in [-0.39, 0.29) is 0 Å². The molecule has 0 aliphatic carbocycles. The van der Waals surface area contributed by atoms with Crippen molar-refractivity contribution < 1.29 is 0 Å². The molecule has 2 unspecified atom stereocenters. The maximum absolute atomic E-state index is 5.78. The van der Waals surface area contributed by atoms with Crippen LogP contribution in [0.4, 0.5) is 0 Å². The zero-order valence-corrected chi connectivity index (χ0v) is 9.34. The molecule has 2 nitrogen and oxygen atoms in total. The lowest BCUT2D eigenvalue weighted by atomic mass is 9.90. The second-order valence-electron chi connectivity index (χ2n) is 4.87. The molecule has 0 aromatic heterocycles. The highest BCUT2D eigenvalue weighted by Crippen LogP contribution is 2.30. The predicted molar refractivity (Wildman–Crippen MR) is 57.7 cm³/mol. The van der Waals surface area contributed by atoms with E-state index in [9.17, 15) is 0 Å². The van der Waals surface area contributed by atoms with Gasteiger partial charge < -0.3 is 10.6 Å². The maximum Gasteiger partial charge on any atom is 0.00670 e. The van der Waals surface area contributed by atoms with E-state index in [4.69, 9.17) is 5.73 Å². The monoisotopic (exact) mass is 184 g/mol. The zero-order valence-electron chi connectivity index (χ0n) is 9.34. The summed E-state index contributed by atoms with van der Waals surface area (Å²) in [4.78, 5) is 2.59. The number of hydrogen-bond donors (Lipinski definition) is 1. The third kappa shape index (κ3) is 2.68. The summed E-state index contributed by atoms with van der Waals surface area (Å²) in [6.07, 6.45) is 3.88. The van der Waals surface area contributed by atoms with Crippen LogP contribution in [0, 0.1) is 5.41 Å². The Hall–Kier alpha value is -0.0800. The Morgan fingerprint density at radius 3 is 2.69 bits per heavy atom. The molecule has 2 atom stereocenters. The number of nitrogens with two attached hydrogens (primary N) is 1. The van der Waals surface area contributed by atoms with Gasteiger partial charge in [-0.15, -0.1) is 0 Å². The molecule has 0 bridgehead atoms. The van der Waals surface area contributed by atoms with Gasteiger partial charge in [0.05, 0.1) is 0 Å². The van der Waals surface area contributed by atoms with Crippen molar-refractivity contribution in [2.75, 3.05) is 19.6 Å². The van der Waals surface area contributed by atoms with Gasteiger partial charge in [-0.25, -0.2) is 0 Å². The Morgan fingerprint density at radius 1 is 1.54 bits per heavy atom. The van der Waals surface area contributed by atoms with E-state index in [0.29, 0.717) is 5.41 Å². The smallest absolute Gasteiger partial charge is 0.00670 e. The van der Waals surface area contributed by atoms with Crippen LogP contribution in [-0.2, 0) is 0 Å². The Balaban J connectivity index is 2.40. The first-order valence-corrected chi connectivity index (χ1v) is 5.55. The van der Waals surface area contributed by atoms with E-state index in [2.05, 4.69) is 25.7 Å². The molecular weight excluding hydrogens is 160 g/mol. The Bertz CT molecular complexity index is 158. The molecule has 1 aliphatic heterocycles. The molecule has 2 N–H and O–H groups in total. The van der Waals surface area contributed by atoms with E-state index < -0.39 is 0 Å². The lowest BCUT2D eigenvalue weighted by Gasteiger charge is -2.27. The first kappa shape index (κ1) is 11.0. The van der Waals surface area contributed by atoms with Crippen LogP contribution in [-0.4, -0.2) is 30.6 Å². The molecular formula is C11H24N2. The number of nitrogens with zero attached hydrogens (tertiary/aromatic N) is 1. The van der Waals surface area contributed by atoms with Crippen LogP contribution >= 0.6 is 0 Å². The molecule has 0 aromatic rings. The molecule has 0 radical (unpaired) electrons. The van der Waals surface area contributed by atoms with Gasteiger partial charge in [-0.2, -0.15) is 0 Å². The highest BCUT2D eigenvalue weighted by atomic mass is 15.2. The maximum atomic E-state index is 5.78.